The maximum Gasteiger partial charge on any atom is 0.417 e. The Balaban J connectivity index is 2.50. The van der Waals surface area contributed by atoms with Crippen molar-refractivity contribution in [2.75, 3.05) is 24.3 Å². The molecule has 0 saturated carbocycles. The zero-order chi connectivity index (χ0) is 21.1. The van der Waals surface area contributed by atoms with Crippen LogP contribution in [0.4, 0.5) is 24.5 Å². The van der Waals surface area contributed by atoms with Gasteiger partial charge in [-0.2, -0.15) is 13.2 Å². The van der Waals surface area contributed by atoms with Crippen molar-refractivity contribution in [2.24, 2.45) is 0 Å². The number of carbonyl (C=O) groups excluding carboxylic acids is 2. The number of aliphatic carboxylic acids is 1. The van der Waals surface area contributed by atoms with E-state index in [1.54, 1.807) is 14.1 Å². The number of aldehydes is 1. The molecular formula is C19H17F3N2O4. The molecule has 0 bridgehead atoms. The number of nitrogens with zero attached hydrogens (tertiary/aromatic N) is 1. The number of carboxylic acid groups (broad SMARTS) is 1. The maximum absolute atomic E-state index is 13.1. The van der Waals surface area contributed by atoms with Gasteiger partial charge in [-0.15, -0.1) is 0 Å². The number of rotatable bonds is 6. The molecule has 2 rings (SSSR count). The van der Waals surface area contributed by atoms with Crippen LogP contribution in [0, 0.1) is 0 Å². The molecule has 0 aliphatic carbocycles. The molecule has 1 amide bonds. The van der Waals surface area contributed by atoms with Gasteiger partial charge in [0.25, 0.3) is 5.91 Å². The molecule has 9 heteroatoms. The molecule has 0 unspecified atom stereocenters. The lowest BCUT2D eigenvalue weighted by atomic mass is 10.0. The fourth-order valence-electron chi connectivity index (χ4n) is 2.83. The Kier molecular flexibility index (Phi) is 6.07. The third-order valence-corrected chi connectivity index (χ3v) is 3.93. The second kappa shape index (κ2) is 8.12. The first-order valence-electron chi connectivity index (χ1n) is 8.04. The highest BCUT2D eigenvalue weighted by Gasteiger charge is 2.35. The van der Waals surface area contributed by atoms with Crippen molar-refractivity contribution in [3.8, 4) is 0 Å². The van der Waals surface area contributed by atoms with Gasteiger partial charge in [0.05, 0.1) is 34.5 Å². The van der Waals surface area contributed by atoms with Crippen LogP contribution in [0.25, 0.3) is 0 Å². The number of benzene rings is 2. The molecule has 0 fully saturated rings. The van der Waals surface area contributed by atoms with Gasteiger partial charge >= 0.3 is 12.1 Å². The Morgan fingerprint density at radius 2 is 1.79 bits per heavy atom. The number of hydrogen-bond acceptors (Lipinski definition) is 4. The van der Waals surface area contributed by atoms with Crippen LogP contribution in [0.15, 0.2) is 36.4 Å². The van der Waals surface area contributed by atoms with Crippen LogP contribution >= 0.6 is 0 Å². The van der Waals surface area contributed by atoms with Crippen LogP contribution in [0.1, 0.15) is 31.8 Å². The van der Waals surface area contributed by atoms with E-state index >= 15 is 0 Å². The Morgan fingerprint density at radius 3 is 2.32 bits per heavy atom. The van der Waals surface area contributed by atoms with Gasteiger partial charge in [-0.1, -0.05) is 18.2 Å². The third-order valence-electron chi connectivity index (χ3n) is 3.93. The zero-order valence-corrected chi connectivity index (χ0v) is 15.0. The summed E-state index contributed by atoms with van der Waals surface area (Å²) in [5.41, 5.74) is -1.15. The summed E-state index contributed by atoms with van der Waals surface area (Å²) in [6, 6.07) is 6.99. The minimum Gasteiger partial charge on any atom is -0.481 e. The molecule has 0 spiro atoms. The largest absolute Gasteiger partial charge is 0.481 e. The van der Waals surface area contributed by atoms with Crippen LogP contribution in [0.5, 0.6) is 0 Å². The second-order valence-corrected chi connectivity index (χ2v) is 6.11. The van der Waals surface area contributed by atoms with Crippen molar-refractivity contribution in [1.82, 2.24) is 0 Å². The second-order valence-electron chi connectivity index (χ2n) is 6.11. The lowest BCUT2D eigenvalue weighted by Gasteiger charge is -2.22. The van der Waals surface area contributed by atoms with Crippen molar-refractivity contribution in [3.63, 3.8) is 0 Å². The van der Waals surface area contributed by atoms with Crippen LogP contribution in [0.2, 0.25) is 0 Å². The van der Waals surface area contributed by atoms with Gasteiger partial charge in [-0.25, -0.2) is 0 Å². The maximum atomic E-state index is 13.1. The fraction of sp³-hybridized carbons (Fsp3) is 0.211. The lowest BCUT2D eigenvalue weighted by molar-refractivity contribution is -0.138. The predicted molar refractivity (Wildman–Crippen MR) is 96.9 cm³/mol. The van der Waals surface area contributed by atoms with Crippen molar-refractivity contribution in [1.29, 1.82) is 0 Å². The minimum atomic E-state index is -4.72. The number of carbonyl (C=O) groups is 3. The van der Waals surface area contributed by atoms with E-state index in [4.69, 9.17) is 5.11 Å². The van der Waals surface area contributed by atoms with Crippen LogP contribution < -0.4 is 10.2 Å². The number of amides is 1. The van der Waals surface area contributed by atoms with Crippen molar-refractivity contribution >= 4 is 29.5 Å². The molecule has 0 atom stereocenters. The first-order valence-corrected chi connectivity index (χ1v) is 8.04. The van der Waals surface area contributed by atoms with Gasteiger partial charge in [-0.05, 0) is 23.8 Å². The summed E-state index contributed by atoms with van der Waals surface area (Å²) in [4.78, 5) is 36.6. The van der Waals surface area contributed by atoms with E-state index in [0.29, 0.717) is 11.8 Å². The van der Waals surface area contributed by atoms with Gasteiger partial charge in [-0.3, -0.25) is 14.4 Å². The standard InChI is InChI=1S/C19H17F3N2O4/c1-24(2)17-11(9-16(26)27)7-8-15(13(17)10-25)23-18(28)12-5-3-4-6-14(12)19(20,21)22/h3-8,10H,9H2,1-2H3,(H,23,28)(H,26,27). The summed E-state index contributed by atoms with van der Waals surface area (Å²) in [6.07, 6.45) is -4.66. The van der Waals surface area contributed by atoms with Gasteiger partial charge in [0, 0.05) is 14.1 Å². The SMILES string of the molecule is CN(C)c1c(CC(=O)O)ccc(NC(=O)c2ccccc2C(F)(F)F)c1C=O. The molecule has 0 saturated heterocycles. The topological polar surface area (TPSA) is 86.7 Å². The monoisotopic (exact) mass is 394 g/mol. The van der Waals surface area contributed by atoms with E-state index in [0.717, 1.165) is 12.1 Å². The Labute approximate surface area is 158 Å². The van der Waals surface area contributed by atoms with Crippen molar-refractivity contribution < 1.29 is 32.7 Å². The normalized spacial score (nSPS) is 11.0. The summed E-state index contributed by atoms with van der Waals surface area (Å²) in [6.45, 7) is 0. The molecule has 28 heavy (non-hydrogen) atoms. The van der Waals surface area contributed by atoms with E-state index < -0.39 is 29.2 Å². The number of halogens is 3. The predicted octanol–water partition coefficient (Wildman–Crippen LogP) is 3.46. The average Bonchev–Trinajstić information content (AvgIpc) is 2.61. The summed E-state index contributed by atoms with van der Waals surface area (Å²) in [5, 5.41) is 11.3. The molecular weight excluding hydrogens is 377 g/mol. The lowest BCUT2D eigenvalue weighted by Crippen LogP contribution is -2.21. The zero-order valence-electron chi connectivity index (χ0n) is 15.0. The number of hydrogen-bond donors (Lipinski definition) is 2. The van der Waals surface area contributed by atoms with E-state index in [1.807, 2.05) is 0 Å². The van der Waals surface area contributed by atoms with E-state index in [-0.39, 0.29) is 23.4 Å². The number of alkyl halides is 3. The summed E-state index contributed by atoms with van der Waals surface area (Å²) < 4.78 is 39.4. The number of carboxylic acids is 1. The number of anilines is 2. The minimum absolute atomic E-state index is 0.0187. The molecule has 0 aromatic heterocycles. The van der Waals surface area contributed by atoms with Gasteiger partial charge in [0.15, 0.2) is 6.29 Å². The third kappa shape index (κ3) is 4.48. The Morgan fingerprint density at radius 1 is 1.14 bits per heavy atom. The van der Waals surface area contributed by atoms with Crippen molar-refractivity contribution in [3.05, 3.63) is 58.7 Å². The van der Waals surface area contributed by atoms with E-state index in [9.17, 15) is 27.6 Å². The van der Waals surface area contributed by atoms with E-state index in [2.05, 4.69) is 5.32 Å². The molecule has 2 aromatic rings. The first-order chi connectivity index (χ1) is 13.1. The van der Waals surface area contributed by atoms with Gasteiger partial charge in [0.1, 0.15) is 0 Å². The molecule has 0 aliphatic rings. The first kappa shape index (κ1) is 20.9. The number of nitrogens with one attached hydrogen (secondary N) is 1. The Hall–Kier alpha value is -3.36. The molecule has 2 N–H and O–H groups in total. The molecule has 6 nitrogen and oxygen atoms in total. The molecule has 0 aliphatic heterocycles. The average molecular weight is 394 g/mol. The highest BCUT2D eigenvalue weighted by Crippen LogP contribution is 2.33. The highest BCUT2D eigenvalue weighted by molar-refractivity contribution is 6.08. The van der Waals surface area contributed by atoms with Crippen LogP contribution in [-0.2, 0) is 17.4 Å². The Bertz CT molecular complexity index is 924. The van der Waals surface area contributed by atoms with E-state index in [1.165, 1.54) is 29.2 Å². The smallest absolute Gasteiger partial charge is 0.417 e. The molecule has 0 radical (unpaired) electrons. The van der Waals surface area contributed by atoms with Crippen molar-refractivity contribution in [2.45, 2.75) is 12.6 Å². The highest BCUT2D eigenvalue weighted by atomic mass is 19.4. The molecule has 148 valence electrons. The fourth-order valence-corrected chi connectivity index (χ4v) is 2.83. The summed E-state index contributed by atoms with van der Waals surface area (Å²) >= 11 is 0. The van der Waals surface area contributed by atoms with Crippen LogP contribution in [0.3, 0.4) is 0 Å². The van der Waals surface area contributed by atoms with Gasteiger partial charge in [0.2, 0.25) is 0 Å². The van der Waals surface area contributed by atoms with Gasteiger partial charge < -0.3 is 15.3 Å². The van der Waals surface area contributed by atoms with Crippen LogP contribution in [-0.4, -0.2) is 37.4 Å². The summed E-state index contributed by atoms with van der Waals surface area (Å²) in [5.74, 6) is -2.15. The summed E-state index contributed by atoms with van der Waals surface area (Å²) in [7, 11) is 3.16. The molecule has 0 heterocycles. The molecule has 2 aromatic carbocycles. The quantitative estimate of drug-likeness (QED) is 0.733.